The van der Waals surface area contributed by atoms with Crippen molar-refractivity contribution in [1.82, 2.24) is 20.6 Å². The third kappa shape index (κ3) is 4.20. The van der Waals surface area contributed by atoms with E-state index >= 15 is 0 Å². The minimum Gasteiger partial charge on any atom is -0.497 e. The van der Waals surface area contributed by atoms with Gasteiger partial charge in [0.1, 0.15) is 11.7 Å². The number of tetrazole rings is 1. The topological polar surface area (TPSA) is 92.8 Å². The molecule has 0 aliphatic rings. The highest BCUT2D eigenvalue weighted by atomic mass is 16.5. The average Bonchev–Trinajstić information content (AvgIpc) is 3.14. The summed E-state index contributed by atoms with van der Waals surface area (Å²) in [4.78, 5) is 12.8. The van der Waals surface area contributed by atoms with E-state index in [4.69, 9.17) is 4.74 Å². The lowest BCUT2D eigenvalue weighted by Crippen LogP contribution is -2.24. The Morgan fingerprint density at radius 2 is 2.04 bits per heavy atom. The van der Waals surface area contributed by atoms with E-state index < -0.39 is 5.92 Å². The Bertz CT molecular complexity index is 831. The van der Waals surface area contributed by atoms with Crippen molar-refractivity contribution in [2.45, 2.75) is 19.3 Å². The van der Waals surface area contributed by atoms with Crippen LogP contribution in [-0.2, 0) is 11.2 Å². The fourth-order valence-corrected chi connectivity index (χ4v) is 2.57. The number of nitrogens with one attached hydrogen (secondary N) is 2. The van der Waals surface area contributed by atoms with Crippen LogP contribution in [0.4, 0.5) is 5.69 Å². The van der Waals surface area contributed by atoms with Crippen molar-refractivity contribution in [3.63, 3.8) is 0 Å². The number of hydrogen-bond donors (Lipinski definition) is 2. The van der Waals surface area contributed by atoms with Crippen LogP contribution in [-0.4, -0.2) is 33.6 Å². The lowest BCUT2D eigenvalue weighted by molar-refractivity contribution is -0.117. The number of carbonyl (C=O) groups excluding carboxylic acids is 1. The van der Waals surface area contributed by atoms with Crippen LogP contribution in [0.5, 0.6) is 5.75 Å². The highest BCUT2D eigenvalue weighted by molar-refractivity contribution is 5.95. The Morgan fingerprint density at radius 1 is 1.24 bits per heavy atom. The minimum atomic E-state index is -0.548. The zero-order chi connectivity index (χ0) is 17.6. The van der Waals surface area contributed by atoms with Crippen molar-refractivity contribution in [2.24, 2.45) is 0 Å². The SMILES string of the molecule is COc1ccc(C[C@@H](C(=O)Nc2cccc(C)c2)c2nn[nH]n2)cc1. The van der Waals surface area contributed by atoms with Gasteiger partial charge >= 0.3 is 0 Å². The van der Waals surface area contributed by atoms with Crippen molar-refractivity contribution in [3.8, 4) is 5.75 Å². The van der Waals surface area contributed by atoms with E-state index in [-0.39, 0.29) is 5.91 Å². The van der Waals surface area contributed by atoms with Gasteiger partial charge in [-0.3, -0.25) is 4.79 Å². The zero-order valence-electron chi connectivity index (χ0n) is 14.1. The summed E-state index contributed by atoms with van der Waals surface area (Å²) < 4.78 is 5.17. The number of hydrogen-bond acceptors (Lipinski definition) is 5. The van der Waals surface area contributed by atoms with E-state index in [2.05, 4.69) is 25.9 Å². The number of H-pyrrole nitrogens is 1. The Hall–Kier alpha value is -3.22. The van der Waals surface area contributed by atoms with Crippen LogP contribution in [0.1, 0.15) is 22.9 Å². The van der Waals surface area contributed by atoms with Crippen molar-refractivity contribution in [3.05, 3.63) is 65.5 Å². The van der Waals surface area contributed by atoms with Crippen LogP contribution in [0, 0.1) is 6.92 Å². The first kappa shape index (κ1) is 16.6. The fourth-order valence-electron chi connectivity index (χ4n) is 2.57. The summed E-state index contributed by atoms with van der Waals surface area (Å²) in [5, 5.41) is 16.9. The van der Waals surface area contributed by atoms with Gasteiger partial charge in [0.05, 0.1) is 7.11 Å². The largest absolute Gasteiger partial charge is 0.497 e. The van der Waals surface area contributed by atoms with Crippen LogP contribution in [0.2, 0.25) is 0 Å². The molecule has 0 spiro atoms. The van der Waals surface area contributed by atoms with Gasteiger partial charge in [-0.2, -0.15) is 5.21 Å². The number of aromatic amines is 1. The first-order valence-electron chi connectivity index (χ1n) is 7.89. The lowest BCUT2D eigenvalue weighted by atomic mass is 9.97. The second kappa shape index (κ2) is 7.57. The van der Waals surface area contributed by atoms with E-state index in [1.807, 2.05) is 55.5 Å². The minimum absolute atomic E-state index is 0.178. The number of nitrogens with zero attached hydrogens (tertiary/aromatic N) is 3. The molecule has 3 aromatic rings. The molecule has 3 rings (SSSR count). The molecule has 0 aliphatic heterocycles. The first-order valence-corrected chi connectivity index (χ1v) is 7.89. The van der Waals surface area contributed by atoms with Gasteiger partial charge in [-0.25, -0.2) is 0 Å². The van der Waals surface area contributed by atoms with Gasteiger partial charge in [0.2, 0.25) is 5.91 Å². The molecule has 0 aliphatic carbocycles. The van der Waals surface area contributed by atoms with Crippen molar-refractivity contribution >= 4 is 11.6 Å². The van der Waals surface area contributed by atoms with Crippen LogP contribution in [0.15, 0.2) is 48.5 Å². The van der Waals surface area contributed by atoms with Crippen LogP contribution < -0.4 is 10.1 Å². The van der Waals surface area contributed by atoms with Gasteiger partial charge in [0.15, 0.2) is 5.82 Å². The summed E-state index contributed by atoms with van der Waals surface area (Å²) in [6, 6.07) is 15.2. The van der Waals surface area contributed by atoms with Gasteiger partial charge in [-0.05, 0) is 48.7 Å². The maximum absolute atomic E-state index is 12.8. The summed E-state index contributed by atoms with van der Waals surface area (Å²) in [6.07, 6.45) is 0.460. The standard InChI is InChI=1S/C18H19N5O2/c1-12-4-3-5-14(10-12)19-18(24)16(17-20-22-23-21-17)11-13-6-8-15(25-2)9-7-13/h3-10,16H,11H2,1-2H3,(H,19,24)(H,20,21,22,23)/t16-/m1/s1. The predicted octanol–water partition coefficient (Wildman–Crippen LogP) is 2.48. The number of carbonyl (C=O) groups is 1. The maximum atomic E-state index is 12.8. The van der Waals surface area contributed by atoms with Crippen LogP contribution >= 0.6 is 0 Å². The van der Waals surface area contributed by atoms with E-state index in [1.165, 1.54) is 0 Å². The van der Waals surface area contributed by atoms with Gasteiger partial charge < -0.3 is 10.1 Å². The molecule has 7 heteroatoms. The van der Waals surface area contributed by atoms with Crippen molar-refractivity contribution in [2.75, 3.05) is 12.4 Å². The van der Waals surface area contributed by atoms with Crippen molar-refractivity contribution in [1.29, 1.82) is 0 Å². The average molecular weight is 337 g/mol. The number of rotatable bonds is 6. The van der Waals surface area contributed by atoms with Crippen molar-refractivity contribution < 1.29 is 9.53 Å². The van der Waals surface area contributed by atoms with E-state index in [1.54, 1.807) is 7.11 Å². The normalized spacial score (nSPS) is 11.8. The number of aromatic nitrogens is 4. The summed E-state index contributed by atoms with van der Waals surface area (Å²) >= 11 is 0. The highest BCUT2D eigenvalue weighted by Gasteiger charge is 2.25. The number of benzene rings is 2. The number of amides is 1. The Morgan fingerprint density at radius 3 is 2.68 bits per heavy atom. The second-order valence-electron chi connectivity index (χ2n) is 5.73. The lowest BCUT2D eigenvalue weighted by Gasteiger charge is -2.14. The molecule has 2 aromatic carbocycles. The molecule has 2 N–H and O–H groups in total. The molecule has 0 bridgehead atoms. The summed E-state index contributed by atoms with van der Waals surface area (Å²) in [5.74, 6) is 0.403. The van der Waals surface area contributed by atoms with E-state index in [0.717, 1.165) is 22.6 Å². The summed E-state index contributed by atoms with van der Waals surface area (Å²) in [6.45, 7) is 1.98. The molecule has 128 valence electrons. The predicted molar refractivity (Wildman–Crippen MR) is 93.4 cm³/mol. The molecule has 0 radical (unpaired) electrons. The van der Waals surface area contributed by atoms with Crippen LogP contribution in [0.3, 0.4) is 0 Å². The molecule has 1 atom stereocenters. The maximum Gasteiger partial charge on any atom is 0.235 e. The summed E-state index contributed by atoms with van der Waals surface area (Å²) in [5.41, 5.74) is 2.80. The molecular formula is C18H19N5O2. The monoisotopic (exact) mass is 337 g/mol. The fraction of sp³-hybridized carbons (Fsp3) is 0.222. The molecule has 0 fully saturated rings. The number of aryl methyl sites for hydroxylation is 1. The van der Waals surface area contributed by atoms with E-state index in [0.29, 0.717) is 12.2 Å². The molecule has 1 aromatic heterocycles. The molecular weight excluding hydrogens is 318 g/mol. The third-order valence-electron chi connectivity index (χ3n) is 3.87. The molecule has 0 saturated carbocycles. The van der Waals surface area contributed by atoms with Gasteiger partial charge in [-0.1, -0.05) is 29.5 Å². The number of methoxy groups -OCH3 is 1. The Kier molecular flexibility index (Phi) is 5.03. The van der Waals surface area contributed by atoms with Gasteiger partial charge in [0.25, 0.3) is 0 Å². The Balaban J connectivity index is 1.80. The second-order valence-corrected chi connectivity index (χ2v) is 5.73. The molecule has 7 nitrogen and oxygen atoms in total. The quantitative estimate of drug-likeness (QED) is 0.721. The molecule has 0 saturated heterocycles. The van der Waals surface area contributed by atoms with Gasteiger partial charge in [-0.15, -0.1) is 10.2 Å². The third-order valence-corrected chi connectivity index (χ3v) is 3.87. The molecule has 1 amide bonds. The molecule has 1 heterocycles. The van der Waals surface area contributed by atoms with E-state index in [9.17, 15) is 4.79 Å². The summed E-state index contributed by atoms with van der Waals surface area (Å²) in [7, 11) is 1.62. The smallest absolute Gasteiger partial charge is 0.235 e. The van der Waals surface area contributed by atoms with Gasteiger partial charge in [0, 0.05) is 5.69 Å². The highest BCUT2D eigenvalue weighted by Crippen LogP contribution is 2.22. The first-order chi connectivity index (χ1) is 12.2. The van der Waals surface area contributed by atoms with Crippen LogP contribution in [0.25, 0.3) is 0 Å². The number of ether oxygens (including phenoxy) is 1. The zero-order valence-corrected chi connectivity index (χ0v) is 14.1. The number of anilines is 1. The molecule has 0 unspecified atom stereocenters. The Labute approximate surface area is 145 Å². The molecule has 25 heavy (non-hydrogen) atoms.